The predicted molar refractivity (Wildman–Crippen MR) is 561 cm³/mol. The molecular formula is C121H163ClFN5O15+2. The smallest absolute Gasteiger partial charge is 0.327 e. The van der Waals surface area contributed by atoms with Crippen molar-refractivity contribution in [3.05, 3.63) is 261 Å². The molecule has 0 spiro atoms. The predicted octanol–water partition coefficient (Wildman–Crippen LogP) is 22.2. The number of phenols is 2. The Morgan fingerprint density at radius 2 is 0.755 bits per heavy atom. The summed E-state index contributed by atoms with van der Waals surface area (Å²) < 4.78 is 56.8. The maximum Gasteiger partial charge on any atom is 0.327 e. The number of hydrogen-bond donors (Lipinski definition) is 4. The number of aliphatic hydroxyl groups excluding tert-OH is 1. The van der Waals surface area contributed by atoms with Crippen molar-refractivity contribution in [2.75, 3.05) is 87.7 Å². The number of carbonyl (C=O) groups is 5. The number of hydrogen-bond acceptors (Lipinski definition) is 18. The topological polar surface area (TPSA) is 243 Å². The van der Waals surface area contributed by atoms with Crippen LogP contribution in [0.15, 0.2) is 194 Å². The lowest BCUT2D eigenvalue weighted by atomic mass is 9.52. The van der Waals surface area contributed by atoms with Gasteiger partial charge >= 0.3 is 29.8 Å². The maximum atomic E-state index is 13.5. The molecule has 0 amide bonds. The Hall–Kier alpha value is -9.71. The highest BCUT2D eigenvalue weighted by Crippen LogP contribution is 2.62. The van der Waals surface area contributed by atoms with Gasteiger partial charge in [-0.05, 0) is 256 Å². The molecule has 8 aromatic carbocycles. The molecule has 0 radical (unpaired) electrons. The van der Waals surface area contributed by atoms with E-state index in [1.54, 1.807) is 18.1 Å². The van der Waals surface area contributed by atoms with Gasteiger partial charge in [0.15, 0.2) is 6.07 Å². The van der Waals surface area contributed by atoms with E-state index in [0.717, 1.165) is 94.3 Å². The highest BCUT2D eigenvalue weighted by Gasteiger charge is 2.63. The lowest BCUT2D eigenvalue weighted by molar-refractivity contribution is -0.959. The molecule has 20 nitrogen and oxygen atoms in total. The fourth-order valence-corrected chi connectivity index (χ4v) is 27.5. The molecule has 4 saturated carbocycles. The third-order valence-corrected chi connectivity index (χ3v) is 35.4. The molecule has 774 valence electrons. The third kappa shape index (κ3) is 25.1. The molecule has 8 aromatic rings. The number of carbonyl (C=O) groups excluding carboxylic acids is 5. The number of rotatable bonds is 25. The Kier molecular flexibility index (Phi) is 37.3. The van der Waals surface area contributed by atoms with Crippen LogP contribution in [0.2, 0.25) is 0 Å². The number of aromatic hydroxyl groups is 2. The summed E-state index contributed by atoms with van der Waals surface area (Å²) in [5.74, 6) is 2.78. The van der Waals surface area contributed by atoms with Crippen LogP contribution in [-0.2, 0) is 121 Å². The first kappa shape index (κ1) is 108. The van der Waals surface area contributed by atoms with Crippen molar-refractivity contribution >= 4 is 41.4 Å². The van der Waals surface area contributed by atoms with Gasteiger partial charge < -0.3 is 64.0 Å². The van der Waals surface area contributed by atoms with E-state index in [1.165, 1.54) is 186 Å². The minimum absolute atomic E-state index is 0.000221. The van der Waals surface area contributed by atoms with Gasteiger partial charge in [-0.3, -0.25) is 37.3 Å². The summed E-state index contributed by atoms with van der Waals surface area (Å²) in [6.07, 6.45) is 30.1. The molecule has 22 heteroatoms. The number of piperidine rings is 4. The lowest BCUT2D eigenvalue weighted by Crippen LogP contribution is -2.69. The van der Waals surface area contributed by atoms with Gasteiger partial charge in [0.25, 0.3) is 0 Å². The van der Waals surface area contributed by atoms with Crippen molar-refractivity contribution in [3.63, 3.8) is 0 Å². The molecule has 4 saturated heterocycles. The van der Waals surface area contributed by atoms with Crippen molar-refractivity contribution in [1.29, 1.82) is 0 Å². The van der Waals surface area contributed by atoms with Gasteiger partial charge in [0.2, 0.25) is 13.5 Å². The number of fused-ring (bicyclic) bond motifs is 4. The van der Waals surface area contributed by atoms with Gasteiger partial charge in [-0.1, -0.05) is 250 Å². The van der Waals surface area contributed by atoms with Crippen LogP contribution in [0.5, 0.6) is 23.0 Å². The normalized spacial score (nSPS) is 27.4. The van der Waals surface area contributed by atoms with Crippen molar-refractivity contribution in [1.82, 2.24) is 9.80 Å². The largest absolute Gasteiger partial charge is 0.508 e. The first-order valence-electron chi connectivity index (χ1n) is 54.1. The first-order valence-corrected chi connectivity index (χ1v) is 53.9. The highest BCUT2D eigenvalue weighted by molar-refractivity contribution is 6.17. The molecule has 5 unspecified atom stereocenters. The second-order valence-electron chi connectivity index (χ2n) is 44.6. The molecule has 8 aliphatic carbocycles. The molecule has 17 atom stereocenters. The number of quaternary nitrogens is 2. The number of alkyl halides is 2. The van der Waals surface area contributed by atoms with E-state index >= 15 is 0 Å². The summed E-state index contributed by atoms with van der Waals surface area (Å²) >= 11 is 5.36. The SMILES string of the molecule is CC(C)C(CC(=O)OCc1ccccc1)C(=O)OCCl.CC(C)C(CC(=O)OCc1ccccc1)C(=O)OC[N+]1(C)CC[C@@]23CCCC[C@@H]2[C@@H]1Cc1ccc(OCc2ccccc2)cc13.CC(C)C(N)C(=O)OC[N+]1(C)CC[C@@]23CCCC[C@@H]2[C@@H]1Cc1ccc(O)cc13.CCO.CN1CC[C@@]23CCCC[C@@H]2[C@@H]1Cc1ccc(O)cc13.CN1CC[C@@]23CCCC[C@@H]2[C@@H]1Cc1ccc(OCc2ccccc2)cc13.[2H]CF. The Morgan fingerprint density at radius 3 is 1.11 bits per heavy atom. The monoisotopic (exact) mass is 1980 g/mol. The molecule has 0 aromatic heterocycles. The molecule has 8 fully saturated rings. The van der Waals surface area contributed by atoms with Gasteiger partial charge in [0.05, 0.1) is 72.5 Å². The molecule has 8 bridgehead atoms. The van der Waals surface area contributed by atoms with Gasteiger partial charge in [0, 0.05) is 77.9 Å². The molecule has 20 rings (SSSR count). The van der Waals surface area contributed by atoms with Crippen LogP contribution in [0.1, 0.15) is 258 Å². The van der Waals surface area contributed by atoms with E-state index in [2.05, 4.69) is 147 Å². The van der Waals surface area contributed by atoms with Gasteiger partial charge in [0.1, 0.15) is 55.5 Å². The van der Waals surface area contributed by atoms with E-state index in [0.29, 0.717) is 72.9 Å². The van der Waals surface area contributed by atoms with Crippen molar-refractivity contribution in [2.24, 2.45) is 59.0 Å². The number of likely N-dealkylation sites (N-methyl/N-ethyl adjacent to an activating group) is 4. The quantitative estimate of drug-likeness (QED) is 0.0180. The minimum Gasteiger partial charge on any atom is -0.508 e. The Labute approximate surface area is 857 Å². The van der Waals surface area contributed by atoms with E-state index in [1.807, 2.05) is 126 Å². The number of phenolic OH excluding ortho intramolecular Hbond substituents is 2. The summed E-state index contributed by atoms with van der Waals surface area (Å²) in [5, 5.41) is 27.6. The summed E-state index contributed by atoms with van der Waals surface area (Å²) in [5.41, 5.74) is 23.2. The van der Waals surface area contributed by atoms with Crippen LogP contribution in [-0.4, -0.2) is 182 Å². The van der Waals surface area contributed by atoms with Gasteiger partial charge in [-0.2, -0.15) is 0 Å². The number of nitrogens with two attached hydrogens (primary N) is 1. The summed E-state index contributed by atoms with van der Waals surface area (Å²) in [7, 11) is 8.17. The van der Waals surface area contributed by atoms with E-state index in [9.17, 15) is 38.6 Å². The molecule has 12 aliphatic rings. The van der Waals surface area contributed by atoms with Crippen LogP contribution in [0.4, 0.5) is 4.39 Å². The third-order valence-electron chi connectivity index (χ3n) is 35.3. The summed E-state index contributed by atoms with van der Waals surface area (Å²) in [6, 6.07) is 67.2. The lowest BCUT2D eigenvalue weighted by Gasteiger charge is -2.61. The van der Waals surface area contributed by atoms with Gasteiger partial charge in [-0.25, -0.2) is 0 Å². The summed E-state index contributed by atoms with van der Waals surface area (Å²) in [4.78, 5) is 67.2. The Bertz CT molecular complexity index is 5510. The zero-order valence-electron chi connectivity index (χ0n) is 88.0. The van der Waals surface area contributed by atoms with Crippen molar-refractivity contribution in [2.45, 2.75) is 294 Å². The zero-order valence-corrected chi connectivity index (χ0v) is 87.8. The van der Waals surface area contributed by atoms with Crippen molar-refractivity contribution < 1.29 is 87.2 Å². The van der Waals surface area contributed by atoms with Gasteiger partial charge in [-0.15, -0.1) is 0 Å². The molecule has 4 aliphatic heterocycles. The van der Waals surface area contributed by atoms with Crippen LogP contribution >= 0.6 is 11.6 Å². The first-order chi connectivity index (χ1) is 69.4. The number of nitrogens with zero attached hydrogens (tertiary/aromatic N) is 4. The number of esters is 5. The minimum atomic E-state index is -1.00. The molecule has 5 N–H and O–H groups in total. The summed E-state index contributed by atoms with van der Waals surface area (Å²) in [6.45, 7) is 20.3. The van der Waals surface area contributed by atoms with E-state index < -0.39 is 37.0 Å². The standard InChI is InChI=1S/C39H48NO5.C24H29NO.C23H34N2O3.C17H23NO.C15H19ClO4.C2H6O.CH3F/c1-28(2)33(24-37(41)44-26-30-14-8-5-9-15-30)38(42)45-27-40(3)21-20-39-19-11-10-16-34(39)36(40)22-31-17-18-32(23-35(31)39)43-25-29-12-6-4-7-13-29;1-25-14-13-24-12-6-5-9-21(24)23(25)15-19-10-11-20(16-22(19)24)26-17-18-7-3-2-4-8-18;1-15(2)21(24)22(27)28-14-25(3)11-10-23-9-5-4-6-18(23)20(25)12-16-7-8-17(26)13-19(16)23;1-18-9-8-17-7-3-2-4-14(17)16(18)10-12-5-6-13(19)11-15(12)17;1-11(2)13(15(18)20-10-16)8-14(17)19-9-12-6-4-3-5-7-12;1-2-3;1-2/h4-9,12-15,17-18,23,28,33-34,36H,10-11,16,19-22,24-27H2,1-3H3;2-4,7-8,10-11,16,21,23H,5-6,9,12-15,17H2,1H3;7-8,13,15,18,20-21H,4-6,9-12,14,24H2,1-3H3;5-6,11,14,16,19H,2-4,7-10H2,1H3;3-7,11,13H,8-10H2,1-2H3;3H,2H2,1H3;1H3/q+1;;;;;;/p+1/t33?,34-,36+,39+,40?;21-,23+,24+;18-,20+,21?,23+,25?;14-,16+,17+;;;/m1111.../s1/i;;;;;;1D. The molecule has 4 heterocycles. The number of benzene rings is 8. The van der Waals surface area contributed by atoms with E-state index in [4.69, 9.17) is 57.0 Å². The van der Waals surface area contributed by atoms with E-state index in [-0.39, 0.29) is 85.2 Å². The number of halogens is 2. The highest BCUT2D eigenvalue weighted by atomic mass is 35.5. The average Bonchev–Trinajstić information content (AvgIpc) is 0.722. The second-order valence-corrected chi connectivity index (χ2v) is 44.8. The van der Waals surface area contributed by atoms with Crippen LogP contribution in [0, 0.1) is 53.3 Å². The number of aliphatic hydroxyl groups is 1. The second kappa shape index (κ2) is 49.7. The maximum absolute atomic E-state index is 13.5. The van der Waals surface area contributed by atoms with Crippen LogP contribution in [0.3, 0.4) is 0 Å². The average molecular weight is 1980 g/mol. The number of ether oxygens (including phenoxy) is 7. The van der Waals surface area contributed by atoms with Crippen LogP contribution in [0.25, 0.3) is 0 Å². The molecular weight excluding hydrogens is 1820 g/mol. The Balaban J connectivity index is 0.000000146. The number of likely N-dealkylation sites (tertiary alicyclic amines) is 4. The zero-order chi connectivity index (χ0) is 103. The van der Waals surface area contributed by atoms with Crippen molar-refractivity contribution in [3.8, 4) is 23.0 Å². The molecule has 143 heavy (non-hydrogen) atoms. The van der Waals surface area contributed by atoms with Crippen LogP contribution < -0.4 is 15.2 Å². The fraction of sp³-hybridized carbons (Fsp3) is 0.562. The Morgan fingerprint density at radius 1 is 0.434 bits per heavy atom. The fourth-order valence-electron chi connectivity index (χ4n) is 27.4.